The van der Waals surface area contributed by atoms with Crippen molar-refractivity contribution in [2.24, 2.45) is 0 Å². The van der Waals surface area contributed by atoms with E-state index in [1.54, 1.807) is 0 Å². The van der Waals surface area contributed by atoms with E-state index in [4.69, 9.17) is 5.11 Å². The molecule has 0 aromatic carbocycles. The Morgan fingerprint density at radius 3 is 2.05 bits per heavy atom. The van der Waals surface area contributed by atoms with Gasteiger partial charge in [-0.05, 0) is 34.1 Å². The highest BCUT2D eigenvalue weighted by molar-refractivity contribution is 7.87. The quantitative estimate of drug-likeness (QED) is 0.606. The van der Waals surface area contributed by atoms with E-state index in [0.29, 0.717) is 38.1 Å². The van der Waals surface area contributed by atoms with Gasteiger partial charge in [0.2, 0.25) is 0 Å². The molecule has 0 saturated heterocycles. The Balaban J connectivity index is 4.24. The molecule has 0 fully saturated rings. The molecule has 0 rings (SSSR count). The van der Waals surface area contributed by atoms with E-state index >= 15 is 0 Å². The average molecular weight is 295 g/mol. The summed E-state index contributed by atoms with van der Waals surface area (Å²) in [6.45, 7) is 9.79. The molecule has 6 nitrogen and oxygen atoms in total. The second kappa shape index (κ2) is 8.86. The number of rotatable bonds is 10. The van der Waals surface area contributed by atoms with Crippen molar-refractivity contribution in [1.82, 2.24) is 13.9 Å². The van der Waals surface area contributed by atoms with E-state index in [1.807, 2.05) is 0 Å². The lowest BCUT2D eigenvalue weighted by Crippen LogP contribution is -2.45. The molecule has 0 aromatic rings. The molecule has 0 aliphatic carbocycles. The molecule has 116 valence electrons. The van der Waals surface area contributed by atoms with Crippen molar-refractivity contribution in [1.29, 1.82) is 0 Å². The lowest BCUT2D eigenvalue weighted by atomic mass is 10.2. The Morgan fingerprint density at radius 1 is 1.11 bits per heavy atom. The van der Waals surface area contributed by atoms with Gasteiger partial charge in [-0.1, -0.05) is 0 Å². The zero-order chi connectivity index (χ0) is 15.1. The van der Waals surface area contributed by atoms with Crippen molar-refractivity contribution in [2.45, 2.75) is 46.2 Å². The molecule has 0 aliphatic rings. The second-order valence-corrected chi connectivity index (χ2v) is 7.09. The summed E-state index contributed by atoms with van der Waals surface area (Å²) in [6, 6.07) is 0.772. The van der Waals surface area contributed by atoms with Crippen molar-refractivity contribution in [2.75, 3.05) is 33.3 Å². The number of aliphatic hydroxyl groups excluding tert-OH is 1. The van der Waals surface area contributed by atoms with Gasteiger partial charge < -0.3 is 5.11 Å². The lowest BCUT2D eigenvalue weighted by Gasteiger charge is -2.30. The fourth-order valence-corrected chi connectivity index (χ4v) is 2.88. The zero-order valence-corrected chi connectivity index (χ0v) is 13.6. The molecule has 7 heteroatoms. The summed E-state index contributed by atoms with van der Waals surface area (Å²) in [4.78, 5) is 2.23. The monoisotopic (exact) mass is 295 g/mol. The molecule has 0 bridgehead atoms. The van der Waals surface area contributed by atoms with Crippen molar-refractivity contribution in [3.8, 4) is 0 Å². The van der Waals surface area contributed by atoms with Gasteiger partial charge in [0.25, 0.3) is 10.2 Å². The third kappa shape index (κ3) is 7.22. The van der Waals surface area contributed by atoms with Crippen molar-refractivity contribution in [3.05, 3.63) is 0 Å². The first-order valence-corrected chi connectivity index (χ1v) is 8.24. The maximum absolute atomic E-state index is 11.9. The molecule has 0 radical (unpaired) electrons. The number of hydrogen-bond donors (Lipinski definition) is 2. The van der Waals surface area contributed by atoms with E-state index in [-0.39, 0.29) is 6.61 Å². The van der Waals surface area contributed by atoms with E-state index < -0.39 is 10.2 Å². The third-order valence-corrected chi connectivity index (χ3v) is 4.59. The highest BCUT2D eigenvalue weighted by Gasteiger charge is 2.18. The number of aliphatic hydroxyl groups is 1. The summed E-state index contributed by atoms with van der Waals surface area (Å²) in [7, 11) is -1.92. The molecular weight excluding hydrogens is 266 g/mol. The Morgan fingerprint density at radius 2 is 1.63 bits per heavy atom. The number of nitrogens with zero attached hydrogens (tertiary/aromatic N) is 2. The highest BCUT2D eigenvalue weighted by atomic mass is 32.2. The van der Waals surface area contributed by atoms with Crippen LogP contribution in [0.3, 0.4) is 0 Å². The SMILES string of the molecule is CC(C)N(CCNS(=O)(=O)N(C)CCCO)C(C)C. The zero-order valence-electron chi connectivity index (χ0n) is 12.8. The summed E-state index contributed by atoms with van der Waals surface area (Å²) >= 11 is 0. The van der Waals surface area contributed by atoms with Gasteiger partial charge in [0.05, 0.1) is 0 Å². The molecule has 0 heterocycles. The first-order chi connectivity index (χ1) is 8.72. The minimum atomic E-state index is -3.43. The number of hydrogen-bond acceptors (Lipinski definition) is 4. The second-order valence-electron chi connectivity index (χ2n) is 5.22. The lowest BCUT2D eigenvalue weighted by molar-refractivity contribution is 0.178. The molecule has 0 aliphatic heterocycles. The van der Waals surface area contributed by atoms with Crippen molar-refractivity contribution < 1.29 is 13.5 Å². The minimum absolute atomic E-state index is 0.00562. The third-order valence-electron chi connectivity index (χ3n) is 3.02. The Bertz CT molecular complexity index is 323. The minimum Gasteiger partial charge on any atom is -0.396 e. The van der Waals surface area contributed by atoms with Crippen LogP contribution < -0.4 is 4.72 Å². The molecule has 0 unspecified atom stereocenters. The van der Waals surface area contributed by atoms with Crippen LogP contribution in [-0.2, 0) is 10.2 Å². The van der Waals surface area contributed by atoms with Crippen LogP contribution in [0.1, 0.15) is 34.1 Å². The predicted molar refractivity (Wildman–Crippen MR) is 78.2 cm³/mol. The Kier molecular flexibility index (Phi) is 8.76. The maximum atomic E-state index is 11.9. The van der Waals surface area contributed by atoms with Crippen LogP contribution in [0, 0.1) is 0 Å². The summed E-state index contributed by atoms with van der Waals surface area (Å²) in [5.41, 5.74) is 0. The van der Waals surface area contributed by atoms with Crippen LogP contribution in [0.15, 0.2) is 0 Å². The molecule has 0 saturated carbocycles. The molecular formula is C12H29N3O3S. The Hall–Kier alpha value is -0.210. The van der Waals surface area contributed by atoms with Gasteiger partial charge in [-0.25, -0.2) is 4.72 Å². The van der Waals surface area contributed by atoms with Gasteiger partial charge in [0.15, 0.2) is 0 Å². The smallest absolute Gasteiger partial charge is 0.279 e. The van der Waals surface area contributed by atoms with Crippen LogP contribution >= 0.6 is 0 Å². The van der Waals surface area contributed by atoms with Gasteiger partial charge >= 0.3 is 0 Å². The molecule has 0 aromatic heterocycles. The maximum Gasteiger partial charge on any atom is 0.279 e. The van der Waals surface area contributed by atoms with Crippen LogP contribution in [0.25, 0.3) is 0 Å². The van der Waals surface area contributed by atoms with Gasteiger partial charge in [-0.2, -0.15) is 12.7 Å². The van der Waals surface area contributed by atoms with Gasteiger partial charge in [0.1, 0.15) is 0 Å². The first kappa shape index (κ1) is 18.8. The molecule has 0 amide bonds. The predicted octanol–water partition coefficient (Wildman–Crippen LogP) is 0.254. The standard InChI is InChI=1S/C12H29N3O3S/c1-11(2)15(12(3)4)9-7-13-19(17,18)14(5)8-6-10-16/h11-13,16H,6-10H2,1-5H3. The summed E-state index contributed by atoms with van der Waals surface area (Å²) in [5, 5.41) is 8.70. The highest BCUT2D eigenvalue weighted by Crippen LogP contribution is 2.04. The van der Waals surface area contributed by atoms with E-state index in [9.17, 15) is 8.42 Å². The summed E-state index contributed by atoms with van der Waals surface area (Å²) in [6.07, 6.45) is 0.446. The van der Waals surface area contributed by atoms with Crippen LogP contribution in [0.5, 0.6) is 0 Å². The first-order valence-electron chi connectivity index (χ1n) is 6.80. The van der Waals surface area contributed by atoms with Crippen LogP contribution in [-0.4, -0.2) is 68.1 Å². The largest absolute Gasteiger partial charge is 0.396 e. The van der Waals surface area contributed by atoms with Gasteiger partial charge in [-0.3, -0.25) is 4.90 Å². The van der Waals surface area contributed by atoms with Gasteiger partial charge in [-0.15, -0.1) is 0 Å². The molecule has 0 spiro atoms. The topological polar surface area (TPSA) is 72.9 Å². The normalized spacial score (nSPS) is 13.2. The van der Waals surface area contributed by atoms with E-state index in [2.05, 4.69) is 37.3 Å². The summed E-state index contributed by atoms with van der Waals surface area (Å²) < 4.78 is 27.6. The fraction of sp³-hybridized carbons (Fsp3) is 1.00. The van der Waals surface area contributed by atoms with E-state index in [1.165, 1.54) is 11.4 Å². The van der Waals surface area contributed by atoms with Crippen molar-refractivity contribution >= 4 is 10.2 Å². The van der Waals surface area contributed by atoms with Crippen LogP contribution in [0.4, 0.5) is 0 Å². The Labute approximate surface area is 118 Å². The van der Waals surface area contributed by atoms with Crippen molar-refractivity contribution in [3.63, 3.8) is 0 Å². The van der Waals surface area contributed by atoms with E-state index in [0.717, 1.165) is 0 Å². The summed E-state index contributed by atoms with van der Waals surface area (Å²) in [5.74, 6) is 0. The fourth-order valence-electron chi connectivity index (χ4n) is 1.94. The van der Waals surface area contributed by atoms with Crippen LogP contribution in [0.2, 0.25) is 0 Å². The number of nitrogens with one attached hydrogen (secondary N) is 1. The molecule has 19 heavy (non-hydrogen) atoms. The molecule has 0 atom stereocenters. The molecule has 2 N–H and O–H groups in total. The van der Waals surface area contributed by atoms with Gasteiger partial charge in [0, 0.05) is 45.4 Å². The average Bonchev–Trinajstić information content (AvgIpc) is 2.30.